The van der Waals surface area contributed by atoms with Gasteiger partial charge >= 0.3 is 13.2 Å². The maximum absolute atomic E-state index is 12.5. The van der Waals surface area contributed by atoms with Gasteiger partial charge in [-0.15, -0.1) is 0 Å². The number of benzene rings is 1. The molecule has 3 amide bonds. The molecular formula is C23H29BN2O6. The average molecular weight is 440 g/mol. The summed E-state index contributed by atoms with van der Waals surface area (Å²) in [6.45, 7) is 6.59. The number of imide groups is 1. The third kappa shape index (κ3) is 3.09. The molecule has 0 radical (unpaired) electrons. The highest BCUT2D eigenvalue weighted by Crippen LogP contribution is 2.65. The zero-order valence-corrected chi connectivity index (χ0v) is 18.7. The van der Waals surface area contributed by atoms with Crippen LogP contribution in [0, 0.1) is 17.3 Å². The van der Waals surface area contributed by atoms with Gasteiger partial charge in [0.2, 0.25) is 11.8 Å². The SMILES string of the molecule is CC1(C)[C@@H]2C[C@H]3OB(C(Cc4ccccc4)N(C(=O)O)N4C(=O)CCC4=O)O[C@@]3(C)[C@H]1C2. The van der Waals surface area contributed by atoms with Crippen LogP contribution in [0.1, 0.15) is 52.0 Å². The minimum absolute atomic E-state index is 0.00529. The molecule has 3 saturated carbocycles. The first kappa shape index (κ1) is 21.5. The van der Waals surface area contributed by atoms with Crippen molar-refractivity contribution in [3.05, 3.63) is 35.9 Å². The lowest BCUT2D eigenvalue weighted by Crippen LogP contribution is -2.65. The maximum atomic E-state index is 12.5. The predicted molar refractivity (Wildman–Crippen MR) is 115 cm³/mol. The lowest BCUT2D eigenvalue weighted by atomic mass is 9.43. The molecule has 1 aromatic rings. The number of carbonyl (C=O) groups excluding carboxylic acids is 2. The van der Waals surface area contributed by atoms with Crippen molar-refractivity contribution in [1.29, 1.82) is 0 Å². The number of hydrazine groups is 1. The normalized spacial score (nSPS) is 33.7. The van der Waals surface area contributed by atoms with Crippen molar-refractivity contribution >= 4 is 25.0 Å². The molecule has 8 nitrogen and oxygen atoms in total. The molecule has 2 heterocycles. The second kappa shape index (κ2) is 7.32. The summed E-state index contributed by atoms with van der Waals surface area (Å²) in [5.74, 6) is -1.03. The summed E-state index contributed by atoms with van der Waals surface area (Å²) in [4.78, 5) is 37.4. The van der Waals surface area contributed by atoms with E-state index in [9.17, 15) is 19.5 Å². The van der Waals surface area contributed by atoms with E-state index in [1.54, 1.807) is 0 Å². The van der Waals surface area contributed by atoms with Crippen LogP contribution in [-0.2, 0) is 25.3 Å². The fraction of sp³-hybridized carbons (Fsp3) is 0.609. The third-order valence-corrected chi connectivity index (χ3v) is 8.32. The largest absolute Gasteiger partial charge is 0.484 e. The van der Waals surface area contributed by atoms with Crippen molar-refractivity contribution in [2.24, 2.45) is 17.3 Å². The summed E-state index contributed by atoms with van der Waals surface area (Å²) in [6, 6.07) is 9.42. The number of carbonyl (C=O) groups is 3. The van der Waals surface area contributed by atoms with Crippen LogP contribution < -0.4 is 0 Å². The number of hydrogen-bond acceptors (Lipinski definition) is 5. The molecule has 0 aromatic heterocycles. The molecule has 0 spiro atoms. The standard InChI is InChI=1S/C23H29BN2O6/c1-22(2)15-12-16(22)23(3)17(13-15)31-24(32-23)18(11-14-7-5-4-6-8-14)25(21(29)30)26-19(27)9-10-20(26)28/h4-8,15-18H,9-13H2,1-3H3,(H,29,30)/t15-,16-,17+,18?,23-/m0/s1. The molecule has 5 atom stereocenters. The molecule has 170 valence electrons. The fourth-order valence-electron chi connectivity index (χ4n) is 6.40. The Bertz CT molecular complexity index is 939. The van der Waals surface area contributed by atoms with E-state index in [2.05, 4.69) is 20.8 Å². The first-order valence-electron chi connectivity index (χ1n) is 11.4. The van der Waals surface area contributed by atoms with Crippen LogP contribution in [0.25, 0.3) is 0 Å². The molecule has 1 aromatic carbocycles. The topological polar surface area (TPSA) is 96.4 Å². The molecule has 2 saturated heterocycles. The van der Waals surface area contributed by atoms with Gasteiger partial charge in [0.15, 0.2) is 0 Å². The number of nitrogens with zero attached hydrogens (tertiary/aromatic N) is 2. The lowest BCUT2D eigenvalue weighted by molar-refractivity contribution is -0.199. The van der Waals surface area contributed by atoms with E-state index in [1.165, 1.54) is 0 Å². The van der Waals surface area contributed by atoms with E-state index < -0.39 is 36.6 Å². The quantitative estimate of drug-likeness (QED) is 0.559. The number of amides is 3. The predicted octanol–water partition coefficient (Wildman–Crippen LogP) is 2.91. The van der Waals surface area contributed by atoms with Crippen molar-refractivity contribution in [1.82, 2.24) is 10.0 Å². The Balaban J connectivity index is 1.50. The lowest BCUT2D eigenvalue weighted by Gasteiger charge is -2.64. The first-order chi connectivity index (χ1) is 15.1. The van der Waals surface area contributed by atoms with Gasteiger partial charge in [-0.2, -0.15) is 5.01 Å². The molecular weight excluding hydrogens is 411 g/mol. The summed E-state index contributed by atoms with van der Waals surface area (Å²) in [5.41, 5.74) is 0.493. The van der Waals surface area contributed by atoms with Gasteiger partial charge in [-0.3, -0.25) is 9.59 Å². The Morgan fingerprint density at radius 2 is 1.84 bits per heavy atom. The number of hydrogen-bond donors (Lipinski definition) is 1. The van der Waals surface area contributed by atoms with Gasteiger partial charge in [-0.05, 0) is 49.0 Å². The van der Waals surface area contributed by atoms with Gasteiger partial charge in [0.25, 0.3) is 0 Å². The van der Waals surface area contributed by atoms with Gasteiger partial charge in [0.05, 0.1) is 17.6 Å². The van der Waals surface area contributed by atoms with Crippen molar-refractivity contribution < 1.29 is 28.8 Å². The van der Waals surface area contributed by atoms with Crippen LogP contribution in [0.2, 0.25) is 0 Å². The third-order valence-electron chi connectivity index (χ3n) is 8.32. The van der Waals surface area contributed by atoms with Crippen molar-refractivity contribution in [2.75, 3.05) is 0 Å². The smallest absolute Gasteiger partial charge is 0.464 e. The molecule has 32 heavy (non-hydrogen) atoms. The second-order valence-corrected chi connectivity index (χ2v) is 10.3. The van der Waals surface area contributed by atoms with Crippen LogP contribution in [-0.4, -0.2) is 57.8 Å². The molecule has 1 unspecified atom stereocenters. The minimum Gasteiger partial charge on any atom is -0.464 e. The highest BCUT2D eigenvalue weighted by atomic mass is 16.7. The Morgan fingerprint density at radius 3 is 2.44 bits per heavy atom. The Kier molecular flexibility index (Phi) is 4.91. The Labute approximate surface area is 188 Å². The summed E-state index contributed by atoms with van der Waals surface area (Å²) in [5, 5.41) is 11.7. The van der Waals surface area contributed by atoms with Crippen molar-refractivity contribution in [3.8, 4) is 0 Å². The van der Waals surface area contributed by atoms with Crippen molar-refractivity contribution in [2.45, 2.75) is 70.5 Å². The van der Waals surface area contributed by atoms with Gasteiger partial charge in [-0.25, -0.2) is 9.80 Å². The summed E-state index contributed by atoms with van der Waals surface area (Å²) < 4.78 is 12.9. The molecule has 6 rings (SSSR count). The van der Waals surface area contributed by atoms with Crippen molar-refractivity contribution in [3.63, 3.8) is 0 Å². The fourth-order valence-corrected chi connectivity index (χ4v) is 6.40. The molecule has 9 heteroatoms. The average Bonchev–Trinajstić information content (AvgIpc) is 3.27. The first-order valence-corrected chi connectivity index (χ1v) is 11.4. The Morgan fingerprint density at radius 1 is 1.19 bits per heavy atom. The monoisotopic (exact) mass is 440 g/mol. The molecule has 1 N–H and O–H groups in total. The van der Waals surface area contributed by atoms with E-state index in [4.69, 9.17) is 9.31 Å². The number of rotatable bonds is 5. The molecule has 3 aliphatic carbocycles. The molecule has 5 aliphatic rings. The highest BCUT2D eigenvalue weighted by molar-refractivity contribution is 6.48. The zero-order valence-electron chi connectivity index (χ0n) is 18.7. The van der Waals surface area contributed by atoms with Crippen LogP contribution in [0.5, 0.6) is 0 Å². The van der Waals surface area contributed by atoms with Crippen LogP contribution in [0.4, 0.5) is 4.79 Å². The number of carboxylic acid groups (broad SMARTS) is 1. The molecule has 2 bridgehead atoms. The van der Waals surface area contributed by atoms with E-state index in [0.29, 0.717) is 11.8 Å². The van der Waals surface area contributed by atoms with Gasteiger partial charge in [0, 0.05) is 12.8 Å². The van der Waals surface area contributed by atoms with E-state index in [-0.39, 0.29) is 30.8 Å². The zero-order chi connectivity index (χ0) is 22.8. The van der Waals surface area contributed by atoms with E-state index >= 15 is 0 Å². The highest BCUT2D eigenvalue weighted by Gasteiger charge is 2.69. The summed E-state index contributed by atoms with van der Waals surface area (Å²) >= 11 is 0. The van der Waals surface area contributed by atoms with E-state index in [1.807, 2.05) is 30.3 Å². The van der Waals surface area contributed by atoms with E-state index in [0.717, 1.165) is 28.4 Å². The maximum Gasteiger partial charge on any atom is 0.484 e. The Hall–Kier alpha value is -2.39. The van der Waals surface area contributed by atoms with Gasteiger partial charge in [-0.1, -0.05) is 44.2 Å². The molecule has 2 aliphatic heterocycles. The summed E-state index contributed by atoms with van der Waals surface area (Å²) in [7, 11) is -0.877. The van der Waals surface area contributed by atoms with Crippen LogP contribution >= 0.6 is 0 Å². The van der Waals surface area contributed by atoms with Crippen LogP contribution in [0.15, 0.2) is 30.3 Å². The minimum atomic E-state index is -1.37. The van der Waals surface area contributed by atoms with Gasteiger partial charge in [0.1, 0.15) is 0 Å². The van der Waals surface area contributed by atoms with Crippen LogP contribution in [0.3, 0.4) is 0 Å². The summed E-state index contributed by atoms with van der Waals surface area (Å²) in [6.07, 6.45) is 0.703. The molecule has 5 fully saturated rings. The second-order valence-electron chi connectivity index (χ2n) is 10.3. The van der Waals surface area contributed by atoms with Gasteiger partial charge < -0.3 is 14.4 Å².